The van der Waals surface area contributed by atoms with Crippen LogP contribution in [0.5, 0.6) is 23.0 Å². The number of aromatic nitrogens is 1. The third-order valence-electron chi connectivity index (χ3n) is 5.98. The van der Waals surface area contributed by atoms with E-state index in [0.29, 0.717) is 43.4 Å². The number of ether oxygens (including phenoxy) is 5. The van der Waals surface area contributed by atoms with Crippen molar-refractivity contribution in [3.05, 3.63) is 78.5 Å². The van der Waals surface area contributed by atoms with Crippen molar-refractivity contribution in [1.82, 2.24) is 4.57 Å². The molecule has 4 rings (SSSR count). The zero-order valence-corrected chi connectivity index (χ0v) is 23.2. The summed E-state index contributed by atoms with van der Waals surface area (Å²) in [6.45, 7) is 4.91. The number of rotatable bonds is 8. The Labute approximate surface area is 228 Å². The van der Waals surface area contributed by atoms with Crippen molar-refractivity contribution >= 4 is 29.4 Å². The molecule has 0 saturated carbocycles. The number of methoxy groups -OCH3 is 3. The highest BCUT2D eigenvalue weighted by Crippen LogP contribution is 2.36. The number of carbonyl (C=O) groups is 2. The maximum atomic E-state index is 13.8. The lowest BCUT2D eigenvalue weighted by Gasteiger charge is -2.25. The smallest absolute Gasteiger partial charge is 0.338 e. The van der Waals surface area contributed by atoms with Crippen molar-refractivity contribution in [3.8, 4) is 23.0 Å². The van der Waals surface area contributed by atoms with Crippen LogP contribution in [-0.4, -0.2) is 44.4 Å². The fraction of sp³-hybridized carbons (Fsp3) is 0.286. The van der Waals surface area contributed by atoms with E-state index in [9.17, 15) is 14.4 Å². The second-order valence-electron chi connectivity index (χ2n) is 8.42. The lowest BCUT2D eigenvalue weighted by atomic mass is 9.95. The molecule has 0 spiro atoms. The summed E-state index contributed by atoms with van der Waals surface area (Å²) in [5.41, 5.74) is 1.65. The molecule has 10 nitrogen and oxygen atoms in total. The second-order valence-corrected chi connectivity index (χ2v) is 9.43. The first-order chi connectivity index (χ1) is 18.7. The van der Waals surface area contributed by atoms with Gasteiger partial charge in [-0.15, -0.1) is 0 Å². The average molecular weight is 553 g/mol. The predicted octanol–water partition coefficient (Wildman–Crippen LogP) is 2.75. The molecule has 204 valence electrons. The average Bonchev–Trinajstić information content (AvgIpc) is 3.21. The Balaban J connectivity index is 1.92. The van der Waals surface area contributed by atoms with Crippen LogP contribution in [0.1, 0.15) is 37.9 Å². The van der Waals surface area contributed by atoms with Crippen LogP contribution in [0, 0.1) is 0 Å². The number of nitrogens with zero attached hydrogens (tertiary/aromatic N) is 2. The fourth-order valence-corrected chi connectivity index (χ4v) is 5.34. The molecular formula is C28H28N2O8S. The van der Waals surface area contributed by atoms with Gasteiger partial charge in [0.15, 0.2) is 27.8 Å². The molecule has 0 aliphatic carbocycles. The molecule has 3 aromatic rings. The number of allylic oxidation sites excluding steroid dienone is 1. The summed E-state index contributed by atoms with van der Waals surface area (Å²) >= 11 is 1.19. The lowest BCUT2D eigenvalue weighted by Crippen LogP contribution is -2.39. The van der Waals surface area contributed by atoms with Gasteiger partial charge in [-0.05, 0) is 55.3 Å². The first-order valence-corrected chi connectivity index (χ1v) is 12.8. The molecule has 0 unspecified atom stereocenters. The number of hydrogen-bond donors (Lipinski definition) is 0. The van der Waals surface area contributed by atoms with Gasteiger partial charge in [0.2, 0.25) is 0 Å². The maximum Gasteiger partial charge on any atom is 0.338 e. The molecule has 11 heteroatoms. The number of fused-ring (bicyclic) bond motifs is 1. The van der Waals surface area contributed by atoms with Crippen molar-refractivity contribution in [1.29, 1.82) is 0 Å². The van der Waals surface area contributed by atoms with Crippen molar-refractivity contribution in [2.24, 2.45) is 4.99 Å². The highest BCUT2D eigenvalue weighted by Gasteiger charge is 2.34. The molecular weight excluding hydrogens is 524 g/mol. The topological polar surface area (TPSA) is 115 Å². The summed E-state index contributed by atoms with van der Waals surface area (Å²) < 4.78 is 28.6. The Hall–Kier alpha value is -4.38. The highest BCUT2D eigenvalue weighted by molar-refractivity contribution is 7.07. The summed E-state index contributed by atoms with van der Waals surface area (Å²) in [6.07, 6.45) is 1.69. The van der Waals surface area contributed by atoms with Crippen molar-refractivity contribution in [2.75, 3.05) is 27.9 Å². The quantitative estimate of drug-likeness (QED) is 0.310. The normalized spacial score (nSPS) is 14.8. The molecule has 1 aliphatic rings. The molecule has 0 radical (unpaired) electrons. The van der Waals surface area contributed by atoms with Crippen LogP contribution in [0.4, 0.5) is 0 Å². The van der Waals surface area contributed by atoms with Gasteiger partial charge in [-0.1, -0.05) is 23.5 Å². The standard InChI is InChI=1S/C28H28N2O8S/c1-7-37-27(33)24-15(2)29-28-30(25(24)18-9-11-19(34-4)22(14-18)36-6)26(32)23(39-28)13-17-8-10-20(38-16(3)31)21(12-17)35-5/h8-14,25H,7H2,1-6H3/t25-/m1/s1. The van der Waals surface area contributed by atoms with Crippen LogP contribution in [0.2, 0.25) is 0 Å². The summed E-state index contributed by atoms with van der Waals surface area (Å²) in [6, 6.07) is 9.40. The second kappa shape index (κ2) is 11.6. The first-order valence-electron chi connectivity index (χ1n) is 12.0. The highest BCUT2D eigenvalue weighted by atomic mass is 32.1. The van der Waals surface area contributed by atoms with E-state index < -0.39 is 18.0 Å². The largest absolute Gasteiger partial charge is 0.493 e. The minimum Gasteiger partial charge on any atom is -0.493 e. The van der Waals surface area contributed by atoms with Gasteiger partial charge in [0.05, 0.1) is 49.8 Å². The Morgan fingerprint density at radius 1 is 1.00 bits per heavy atom. The predicted molar refractivity (Wildman–Crippen MR) is 144 cm³/mol. The third-order valence-corrected chi connectivity index (χ3v) is 6.96. The number of hydrogen-bond acceptors (Lipinski definition) is 10. The SMILES string of the molecule is CCOC(=O)C1=C(C)N=c2sc(=Cc3ccc(OC(C)=O)c(OC)c3)c(=O)n2[C@@H]1c1ccc(OC)c(OC)c1. The summed E-state index contributed by atoms with van der Waals surface area (Å²) in [5, 5.41) is 0. The number of esters is 2. The van der Waals surface area contributed by atoms with Crippen molar-refractivity contribution < 1.29 is 33.3 Å². The monoisotopic (exact) mass is 552 g/mol. The Bertz CT molecular complexity index is 1650. The van der Waals surface area contributed by atoms with Gasteiger partial charge in [0.1, 0.15) is 0 Å². The van der Waals surface area contributed by atoms with Gasteiger partial charge in [-0.3, -0.25) is 14.2 Å². The van der Waals surface area contributed by atoms with E-state index in [-0.39, 0.29) is 23.5 Å². The van der Waals surface area contributed by atoms with Crippen molar-refractivity contribution in [2.45, 2.75) is 26.8 Å². The molecule has 1 aliphatic heterocycles. The molecule has 0 fully saturated rings. The zero-order valence-electron chi connectivity index (χ0n) is 22.4. The van der Waals surface area contributed by atoms with E-state index in [4.69, 9.17) is 23.7 Å². The van der Waals surface area contributed by atoms with Crippen LogP contribution in [0.15, 0.2) is 57.5 Å². The third kappa shape index (κ3) is 5.44. The molecule has 0 N–H and O–H groups in total. The summed E-state index contributed by atoms with van der Waals surface area (Å²) in [7, 11) is 4.51. The minimum atomic E-state index is -0.803. The summed E-state index contributed by atoms with van der Waals surface area (Å²) in [4.78, 5) is 43.3. The molecule has 0 amide bonds. The lowest BCUT2D eigenvalue weighted by molar-refractivity contribution is -0.139. The minimum absolute atomic E-state index is 0.170. The van der Waals surface area contributed by atoms with Gasteiger partial charge >= 0.3 is 11.9 Å². The first kappa shape index (κ1) is 27.6. The van der Waals surface area contributed by atoms with E-state index in [2.05, 4.69) is 4.99 Å². The van der Waals surface area contributed by atoms with Crippen LogP contribution >= 0.6 is 11.3 Å². The Kier molecular flexibility index (Phi) is 8.20. The molecule has 0 bridgehead atoms. The van der Waals surface area contributed by atoms with E-state index >= 15 is 0 Å². The number of thiazole rings is 1. The van der Waals surface area contributed by atoms with E-state index in [1.54, 1.807) is 56.3 Å². The van der Waals surface area contributed by atoms with Crippen LogP contribution in [-0.2, 0) is 14.3 Å². The van der Waals surface area contributed by atoms with Gasteiger partial charge < -0.3 is 23.7 Å². The number of carbonyl (C=O) groups excluding carboxylic acids is 2. The molecule has 39 heavy (non-hydrogen) atoms. The van der Waals surface area contributed by atoms with Gasteiger partial charge in [0, 0.05) is 6.92 Å². The van der Waals surface area contributed by atoms with Gasteiger partial charge in [-0.2, -0.15) is 0 Å². The molecule has 2 aromatic carbocycles. The van der Waals surface area contributed by atoms with Crippen molar-refractivity contribution in [3.63, 3.8) is 0 Å². The van der Waals surface area contributed by atoms with E-state index in [1.807, 2.05) is 0 Å². The Morgan fingerprint density at radius 3 is 2.31 bits per heavy atom. The van der Waals surface area contributed by atoms with Crippen LogP contribution < -0.4 is 33.8 Å². The van der Waals surface area contributed by atoms with E-state index in [0.717, 1.165) is 0 Å². The Morgan fingerprint density at radius 2 is 1.67 bits per heavy atom. The fourth-order valence-electron chi connectivity index (χ4n) is 4.29. The molecule has 1 aromatic heterocycles. The van der Waals surface area contributed by atoms with Crippen LogP contribution in [0.25, 0.3) is 6.08 Å². The van der Waals surface area contributed by atoms with Crippen LogP contribution in [0.3, 0.4) is 0 Å². The van der Waals surface area contributed by atoms with Gasteiger partial charge in [0.25, 0.3) is 5.56 Å². The molecule has 0 saturated heterocycles. The van der Waals surface area contributed by atoms with E-state index in [1.165, 1.54) is 44.2 Å². The molecule has 2 heterocycles. The van der Waals surface area contributed by atoms with Gasteiger partial charge in [-0.25, -0.2) is 9.79 Å². The number of benzene rings is 2. The molecule has 1 atom stereocenters. The zero-order chi connectivity index (χ0) is 28.3. The maximum absolute atomic E-state index is 13.8. The summed E-state index contributed by atoms with van der Waals surface area (Å²) in [5.74, 6) is 0.547.